The molecule has 6 N–H and O–H groups in total. The van der Waals surface area contributed by atoms with Crippen LogP contribution in [0.25, 0.3) is 0 Å². The van der Waals surface area contributed by atoms with Crippen LogP contribution in [0.1, 0.15) is 103 Å². The van der Waals surface area contributed by atoms with Gasteiger partial charge in [0, 0.05) is 32.1 Å². The quantitative estimate of drug-likeness (QED) is 0.0837. The Bertz CT molecular complexity index is 1580. The predicted octanol–water partition coefficient (Wildman–Crippen LogP) is 4.97. The van der Waals surface area contributed by atoms with Crippen molar-refractivity contribution in [3.05, 3.63) is 65.2 Å². The van der Waals surface area contributed by atoms with Gasteiger partial charge in [-0.05, 0) is 103 Å². The second-order valence-electron chi connectivity index (χ2n) is 16.2. The third kappa shape index (κ3) is 8.99. The number of hydrogen-bond acceptors (Lipinski definition) is 6. The van der Waals surface area contributed by atoms with Crippen molar-refractivity contribution in [1.29, 1.82) is 0 Å². The molecule has 0 radical (unpaired) electrons. The highest BCUT2D eigenvalue weighted by Gasteiger charge is 2.62. The second kappa shape index (κ2) is 17.3. The van der Waals surface area contributed by atoms with Gasteiger partial charge in [-0.25, -0.2) is 0 Å². The Labute approximate surface area is 310 Å². The van der Waals surface area contributed by atoms with E-state index in [9.17, 15) is 19.5 Å². The standard InChI is InChI=1S/C42H62N6O4/c1-6-7-15-37(43)44-19-11-12-20-45-39(51)35(22-28(2)3)47-38(50)26-46-40(52)42(31-13-9-8-10-14-31)25-32(42)27-48-21-18-41(5)29(4)36(48)23-30-16-17-33(49)24-34(30)41/h8-10,13-14,16-17,24,28-29,32,35-36,49H,6-7,11-12,15,18-23,25-27H2,1-5H3,(H2,43,44)(H,45,51)(H,46,52)(H,47,50)/t29-,32-,35+,36-,41-,42+/m1/s1. The number of hydrogen-bond donors (Lipinski definition) is 5. The highest BCUT2D eigenvalue weighted by Crippen LogP contribution is 2.56. The predicted molar refractivity (Wildman–Crippen MR) is 207 cm³/mol. The van der Waals surface area contributed by atoms with Crippen LogP contribution in [0, 0.1) is 17.8 Å². The van der Waals surface area contributed by atoms with Crippen LogP contribution in [0.3, 0.4) is 0 Å². The van der Waals surface area contributed by atoms with Gasteiger partial charge in [0.15, 0.2) is 0 Å². The number of phenolic OH excluding ortho intramolecular Hbond substituents is 1. The smallest absolute Gasteiger partial charge is 0.242 e. The largest absolute Gasteiger partial charge is 0.508 e. The summed E-state index contributed by atoms with van der Waals surface area (Å²) in [4.78, 5) is 47.4. The molecule has 10 nitrogen and oxygen atoms in total. The molecule has 1 saturated heterocycles. The molecule has 0 unspecified atom stereocenters. The van der Waals surface area contributed by atoms with Gasteiger partial charge in [0.05, 0.1) is 17.8 Å². The number of carbonyl (C=O) groups is 3. The number of fused-ring (bicyclic) bond motifs is 4. The van der Waals surface area contributed by atoms with Crippen LogP contribution in [0.2, 0.25) is 0 Å². The summed E-state index contributed by atoms with van der Waals surface area (Å²) >= 11 is 0. The molecule has 1 heterocycles. The summed E-state index contributed by atoms with van der Waals surface area (Å²) in [6, 6.07) is 15.5. The number of amidine groups is 1. The molecular formula is C42H62N6O4. The lowest BCUT2D eigenvalue weighted by Gasteiger charge is -2.55. The number of aliphatic imine (C=N–C) groups is 1. The Hall–Kier alpha value is -3.92. The van der Waals surface area contributed by atoms with Crippen LogP contribution in [0.4, 0.5) is 0 Å². The lowest BCUT2D eigenvalue weighted by Crippen LogP contribution is -2.58. The minimum atomic E-state index is -0.705. The number of amides is 3. The summed E-state index contributed by atoms with van der Waals surface area (Å²) in [5, 5.41) is 19.1. The van der Waals surface area contributed by atoms with E-state index >= 15 is 0 Å². The van der Waals surface area contributed by atoms with Crippen LogP contribution in [-0.4, -0.2) is 78.4 Å². The summed E-state index contributed by atoms with van der Waals surface area (Å²) < 4.78 is 0. The van der Waals surface area contributed by atoms with E-state index < -0.39 is 11.5 Å². The molecular weight excluding hydrogens is 653 g/mol. The fraction of sp³-hybridized carbons (Fsp3) is 0.619. The summed E-state index contributed by atoms with van der Waals surface area (Å²) in [6.07, 6.45) is 7.67. The number of carbonyl (C=O) groups excluding carboxylic acids is 3. The SMILES string of the molecule is CCCCC(N)=NCCCCNC(=O)[C@H](CC(C)C)NC(=O)CNC(=O)[C@]1(c2ccccc2)C[C@@H]1CN1CC[C@@]2(C)c3cc(O)ccc3C[C@@H]1[C@H]2C. The van der Waals surface area contributed by atoms with Crippen LogP contribution in [0.15, 0.2) is 53.5 Å². The topological polar surface area (TPSA) is 149 Å². The van der Waals surface area contributed by atoms with Crippen LogP contribution in [0.5, 0.6) is 5.75 Å². The Morgan fingerprint density at radius 2 is 1.85 bits per heavy atom. The summed E-state index contributed by atoms with van der Waals surface area (Å²) in [7, 11) is 0. The van der Waals surface area contributed by atoms with Crippen LogP contribution >= 0.6 is 0 Å². The minimum absolute atomic E-state index is 0.000289. The van der Waals surface area contributed by atoms with E-state index in [1.165, 1.54) is 11.1 Å². The van der Waals surface area contributed by atoms with E-state index in [0.717, 1.165) is 70.0 Å². The van der Waals surface area contributed by atoms with E-state index in [1.807, 2.05) is 50.2 Å². The molecule has 284 valence electrons. The normalized spacial score (nSPS) is 26.0. The molecule has 0 spiro atoms. The van der Waals surface area contributed by atoms with Crippen molar-refractivity contribution in [2.24, 2.45) is 28.5 Å². The fourth-order valence-electron chi connectivity index (χ4n) is 8.75. The average molecular weight is 715 g/mol. The zero-order valence-corrected chi connectivity index (χ0v) is 32.0. The van der Waals surface area contributed by atoms with Crippen molar-refractivity contribution in [3.8, 4) is 5.75 Å². The van der Waals surface area contributed by atoms with Gasteiger partial charge >= 0.3 is 0 Å². The number of nitrogens with one attached hydrogen (secondary N) is 3. The molecule has 2 aliphatic carbocycles. The monoisotopic (exact) mass is 714 g/mol. The Morgan fingerprint density at radius 1 is 1.08 bits per heavy atom. The first-order chi connectivity index (χ1) is 24.9. The maximum atomic E-state index is 14.1. The third-order valence-corrected chi connectivity index (χ3v) is 12.1. The Morgan fingerprint density at radius 3 is 2.58 bits per heavy atom. The number of unbranched alkanes of at least 4 members (excludes halogenated alkanes) is 2. The maximum Gasteiger partial charge on any atom is 0.242 e. The van der Waals surface area contributed by atoms with E-state index in [0.29, 0.717) is 43.1 Å². The molecule has 10 heteroatoms. The number of phenols is 1. The molecule has 52 heavy (non-hydrogen) atoms. The van der Waals surface area contributed by atoms with Crippen molar-refractivity contribution in [3.63, 3.8) is 0 Å². The minimum Gasteiger partial charge on any atom is -0.508 e. The Kier molecular flexibility index (Phi) is 13.1. The van der Waals surface area contributed by atoms with Gasteiger partial charge in [-0.15, -0.1) is 0 Å². The first-order valence-corrected chi connectivity index (χ1v) is 19.6. The van der Waals surface area contributed by atoms with E-state index in [2.05, 4.69) is 52.7 Å². The van der Waals surface area contributed by atoms with Crippen LogP contribution < -0.4 is 21.7 Å². The van der Waals surface area contributed by atoms with Crippen molar-refractivity contribution in [1.82, 2.24) is 20.9 Å². The number of nitrogens with zero attached hydrogens (tertiary/aromatic N) is 2. The van der Waals surface area contributed by atoms with Gasteiger partial charge in [-0.1, -0.05) is 77.4 Å². The van der Waals surface area contributed by atoms with Gasteiger partial charge in [0.2, 0.25) is 17.7 Å². The first kappa shape index (κ1) is 39.3. The lowest BCUT2D eigenvalue weighted by atomic mass is 9.59. The van der Waals surface area contributed by atoms with Crippen molar-refractivity contribution in [2.45, 2.75) is 115 Å². The number of aromatic hydroxyl groups is 1. The molecule has 5 rings (SSSR count). The number of benzene rings is 2. The molecule has 3 aliphatic rings. The summed E-state index contributed by atoms with van der Waals surface area (Å²) in [5.74, 6) is 1.01. The number of rotatable bonds is 18. The van der Waals surface area contributed by atoms with E-state index in [-0.39, 0.29) is 41.5 Å². The molecule has 6 atom stereocenters. The van der Waals surface area contributed by atoms with Gasteiger partial charge in [-0.2, -0.15) is 0 Å². The lowest BCUT2D eigenvalue weighted by molar-refractivity contribution is -0.130. The number of nitrogens with two attached hydrogens (primary N) is 1. The molecule has 1 aliphatic heterocycles. The first-order valence-electron chi connectivity index (χ1n) is 19.6. The highest BCUT2D eigenvalue weighted by molar-refractivity contribution is 5.95. The maximum absolute atomic E-state index is 14.1. The molecule has 2 bridgehead atoms. The Balaban J connectivity index is 1.16. The third-order valence-electron chi connectivity index (χ3n) is 12.1. The van der Waals surface area contributed by atoms with Crippen molar-refractivity contribution in [2.75, 3.05) is 32.7 Å². The average Bonchev–Trinajstić information content (AvgIpc) is 3.85. The van der Waals surface area contributed by atoms with Crippen LogP contribution in [-0.2, 0) is 31.6 Å². The van der Waals surface area contributed by atoms with E-state index in [4.69, 9.17) is 5.73 Å². The summed E-state index contributed by atoms with van der Waals surface area (Å²) in [6.45, 7) is 13.5. The van der Waals surface area contributed by atoms with Crippen molar-refractivity contribution < 1.29 is 19.5 Å². The highest BCUT2D eigenvalue weighted by atomic mass is 16.3. The number of likely N-dealkylation sites (tertiary alicyclic amines) is 1. The zero-order chi connectivity index (χ0) is 37.5. The molecule has 2 aromatic carbocycles. The second-order valence-corrected chi connectivity index (χ2v) is 16.2. The van der Waals surface area contributed by atoms with Gasteiger partial charge in [0.25, 0.3) is 0 Å². The molecule has 3 amide bonds. The van der Waals surface area contributed by atoms with E-state index in [1.54, 1.807) is 6.07 Å². The summed E-state index contributed by atoms with van der Waals surface area (Å²) in [5.41, 5.74) is 8.80. The van der Waals surface area contributed by atoms with Crippen molar-refractivity contribution >= 4 is 23.6 Å². The van der Waals surface area contributed by atoms with Gasteiger partial charge < -0.3 is 26.8 Å². The van der Waals surface area contributed by atoms with Gasteiger partial charge in [-0.3, -0.25) is 24.3 Å². The van der Waals surface area contributed by atoms with Gasteiger partial charge in [0.1, 0.15) is 11.8 Å². The molecule has 0 aromatic heterocycles. The molecule has 2 aromatic rings. The molecule has 2 fully saturated rings. The zero-order valence-electron chi connectivity index (χ0n) is 32.0. The fourth-order valence-corrected chi connectivity index (χ4v) is 8.75. The number of piperidine rings is 1. The molecule has 1 saturated carbocycles.